The van der Waals surface area contributed by atoms with E-state index in [1.807, 2.05) is 0 Å². The molecule has 0 radical (unpaired) electrons. The third kappa shape index (κ3) is 13.4. The van der Waals surface area contributed by atoms with Crippen LogP contribution in [0.15, 0.2) is 11.6 Å². The SMILES string of the molecule is CCCCCCCCCCCCC/C=C1\CC[C@H](CCC(=O)O)[C@@H](O)[C@@H]1SCC(N)C(=O)O. The van der Waals surface area contributed by atoms with Crippen molar-refractivity contribution in [2.45, 2.75) is 127 Å². The Kier molecular flexibility index (Phi) is 16.6. The van der Waals surface area contributed by atoms with Gasteiger partial charge in [0.25, 0.3) is 0 Å². The van der Waals surface area contributed by atoms with Crippen LogP contribution in [0.3, 0.4) is 0 Å². The highest BCUT2D eigenvalue weighted by Gasteiger charge is 2.35. The monoisotopic (exact) mass is 485 g/mol. The highest BCUT2D eigenvalue weighted by molar-refractivity contribution is 8.00. The van der Waals surface area contributed by atoms with Crippen molar-refractivity contribution in [3.05, 3.63) is 11.6 Å². The Balaban J connectivity index is 2.41. The molecule has 1 fully saturated rings. The average molecular weight is 486 g/mol. The first kappa shape index (κ1) is 30.0. The van der Waals surface area contributed by atoms with Crippen LogP contribution in [0.2, 0.25) is 0 Å². The summed E-state index contributed by atoms with van der Waals surface area (Å²) in [4.78, 5) is 22.0. The molecule has 1 aliphatic rings. The van der Waals surface area contributed by atoms with Crippen molar-refractivity contribution in [1.82, 2.24) is 0 Å². The summed E-state index contributed by atoms with van der Waals surface area (Å²) in [6, 6.07) is -0.963. The van der Waals surface area contributed by atoms with Gasteiger partial charge in [-0.1, -0.05) is 82.8 Å². The number of aliphatic carboxylic acids is 2. The summed E-state index contributed by atoms with van der Waals surface area (Å²) < 4.78 is 0. The molecular weight excluding hydrogens is 438 g/mol. The zero-order valence-corrected chi connectivity index (χ0v) is 21.4. The Labute approximate surface area is 204 Å². The van der Waals surface area contributed by atoms with Crippen LogP contribution in [-0.4, -0.2) is 50.4 Å². The highest BCUT2D eigenvalue weighted by Crippen LogP contribution is 2.39. The molecule has 0 amide bonds. The number of aliphatic hydroxyl groups excluding tert-OH is 1. The van der Waals surface area contributed by atoms with Crippen molar-refractivity contribution < 1.29 is 24.9 Å². The number of hydrogen-bond acceptors (Lipinski definition) is 5. The van der Waals surface area contributed by atoms with Gasteiger partial charge in [-0.15, -0.1) is 11.8 Å². The van der Waals surface area contributed by atoms with Crippen LogP contribution in [0.4, 0.5) is 0 Å². The average Bonchev–Trinajstić information content (AvgIpc) is 2.78. The van der Waals surface area contributed by atoms with Crippen LogP contribution in [0.1, 0.15) is 110 Å². The van der Waals surface area contributed by atoms with Crippen molar-refractivity contribution in [3.63, 3.8) is 0 Å². The summed E-state index contributed by atoms with van der Waals surface area (Å²) in [5.41, 5.74) is 6.85. The van der Waals surface area contributed by atoms with E-state index in [4.69, 9.17) is 15.9 Å². The Morgan fingerprint density at radius 1 is 1.03 bits per heavy atom. The molecule has 192 valence electrons. The molecule has 33 heavy (non-hydrogen) atoms. The lowest BCUT2D eigenvalue weighted by molar-refractivity contribution is -0.138. The molecule has 1 saturated carbocycles. The number of rotatable bonds is 19. The van der Waals surface area contributed by atoms with E-state index >= 15 is 0 Å². The molecule has 0 spiro atoms. The predicted molar refractivity (Wildman–Crippen MR) is 137 cm³/mol. The fourth-order valence-electron chi connectivity index (χ4n) is 4.55. The molecule has 4 atom stereocenters. The fourth-order valence-corrected chi connectivity index (χ4v) is 5.96. The molecule has 0 aliphatic heterocycles. The topological polar surface area (TPSA) is 121 Å². The Hall–Kier alpha value is -1.05. The van der Waals surface area contributed by atoms with Crippen molar-refractivity contribution in [3.8, 4) is 0 Å². The van der Waals surface area contributed by atoms with E-state index in [0.29, 0.717) is 6.42 Å². The van der Waals surface area contributed by atoms with E-state index in [-0.39, 0.29) is 23.3 Å². The minimum atomic E-state index is -1.04. The molecule has 1 rings (SSSR count). The molecule has 0 heterocycles. The summed E-state index contributed by atoms with van der Waals surface area (Å²) in [6.45, 7) is 2.25. The van der Waals surface area contributed by atoms with Crippen LogP contribution in [-0.2, 0) is 9.59 Å². The minimum Gasteiger partial charge on any atom is -0.481 e. The van der Waals surface area contributed by atoms with Crippen molar-refractivity contribution in [2.24, 2.45) is 11.7 Å². The molecule has 0 aromatic carbocycles. The Bertz CT molecular complexity index is 583. The van der Waals surface area contributed by atoms with Gasteiger partial charge in [0.1, 0.15) is 6.04 Å². The fraction of sp³-hybridized carbons (Fsp3) is 0.846. The number of carboxylic acids is 2. The van der Waals surface area contributed by atoms with Gasteiger partial charge in [0.15, 0.2) is 0 Å². The first-order valence-corrected chi connectivity index (χ1v) is 14.1. The summed E-state index contributed by atoms with van der Waals surface area (Å²) >= 11 is 1.40. The number of thioether (sulfide) groups is 1. The second-order valence-corrected chi connectivity index (χ2v) is 10.7. The molecule has 6 nitrogen and oxygen atoms in total. The van der Waals surface area contributed by atoms with Crippen LogP contribution >= 0.6 is 11.8 Å². The Morgan fingerprint density at radius 2 is 1.61 bits per heavy atom. The molecule has 0 aromatic rings. The number of allylic oxidation sites excluding steroid dienone is 1. The van der Waals surface area contributed by atoms with Gasteiger partial charge in [0.05, 0.1) is 11.4 Å². The zero-order valence-electron chi connectivity index (χ0n) is 20.6. The summed E-state index contributed by atoms with van der Waals surface area (Å²) in [6.07, 6.45) is 19.0. The molecule has 0 saturated heterocycles. The van der Waals surface area contributed by atoms with Crippen molar-refractivity contribution >= 4 is 23.7 Å². The number of hydrogen-bond donors (Lipinski definition) is 4. The van der Waals surface area contributed by atoms with Gasteiger partial charge in [0.2, 0.25) is 0 Å². The van der Waals surface area contributed by atoms with E-state index in [0.717, 1.165) is 25.7 Å². The van der Waals surface area contributed by atoms with E-state index < -0.39 is 24.1 Å². The number of carbonyl (C=O) groups is 2. The van der Waals surface area contributed by atoms with E-state index in [1.165, 1.54) is 81.5 Å². The molecule has 7 heteroatoms. The standard InChI is InChI=1S/C26H47NO5S/c1-2-3-4-5-6-7-8-9-10-11-12-13-14-21-16-15-20(17-18-23(28)29)24(30)25(21)33-19-22(27)26(31)32/h14,20,22,24-25,30H,2-13,15-19,27H2,1H3,(H,28,29)(H,31,32)/b21-14+/t20-,22?,24-,25-/m1/s1. The molecule has 0 aromatic heterocycles. The van der Waals surface area contributed by atoms with Crippen molar-refractivity contribution in [1.29, 1.82) is 0 Å². The van der Waals surface area contributed by atoms with Gasteiger partial charge in [-0.3, -0.25) is 9.59 Å². The number of aliphatic hydroxyl groups is 1. The largest absolute Gasteiger partial charge is 0.481 e. The highest BCUT2D eigenvalue weighted by atomic mass is 32.2. The van der Waals surface area contributed by atoms with Crippen LogP contribution in [0, 0.1) is 5.92 Å². The summed E-state index contributed by atoms with van der Waals surface area (Å²) in [7, 11) is 0. The summed E-state index contributed by atoms with van der Waals surface area (Å²) in [5, 5.41) is 28.8. The van der Waals surface area contributed by atoms with Gasteiger partial charge in [-0.2, -0.15) is 0 Å². The first-order valence-electron chi connectivity index (χ1n) is 13.1. The predicted octanol–water partition coefficient (Wildman–Crippen LogP) is 5.76. The number of unbranched alkanes of at least 4 members (excludes halogenated alkanes) is 11. The van der Waals surface area contributed by atoms with Gasteiger partial charge < -0.3 is 21.1 Å². The number of nitrogens with two attached hydrogens (primary N) is 1. The van der Waals surface area contributed by atoms with Gasteiger partial charge in [-0.25, -0.2) is 0 Å². The Morgan fingerprint density at radius 3 is 2.15 bits per heavy atom. The quantitative estimate of drug-likeness (QED) is 0.135. The molecule has 1 unspecified atom stereocenters. The third-order valence-corrected chi connectivity index (χ3v) is 8.17. The lowest BCUT2D eigenvalue weighted by Crippen LogP contribution is -2.40. The van der Waals surface area contributed by atoms with Gasteiger partial charge in [-0.05, 0) is 38.0 Å². The van der Waals surface area contributed by atoms with E-state index in [2.05, 4.69) is 13.0 Å². The maximum Gasteiger partial charge on any atom is 0.321 e. The van der Waals surface area contributed by atoms with Crippen molar-refractivity contribution in [2.75, 3.05) is 5.75 Å². The van der Waals surface area contributed by atoms with Gasteiger partial charge >= 0.3 is 11.9 Å². The minimum absolute atomic E-state index is 0.0472. The molecule has 0 bridgehead atoms. The summed E-state index contributed by atoms with van der Waals surface area (Å²) in [5.74, 6) is -1.73. The van der Waals surface area contributed by atoms with E-state index in [1.54, 1.807) is 0 Å². The zero-order chi connectivity index (χ0) is 24.5. The third-order valence-electron chi connectivity index (χ3n) is 6.68. The van der Waals surface area contributed by atoms with Crippen LogP contribution in [0.25, 0.3) is 0 Å². The normalized spacial score (nSPS) is 23.0. The lowest BCUT2D eigenvalue weighted by Gasteiger charge is -2.37. The van der Waals surface area contributed by atoms with Crippen LogP contribution in [0.5, 0.6) is 0 Å². The smallest absolute Gasteiger partial charge is 0.321 e. The number of carboxylic acid groups (broad SMARTS) is 2. The maximum absolute atomic E-state index is 11.1. The second-order valence-electron chi connectivity index (χ2n) is 9.52. The maximum atomic E-state index is 11.1. The van der Waals surface area contributed by atoms with Crippen LogP contribution < -0.4 is 5.73 Å². The molecular formula is C26H47NO5S. The molecule has 1 aliphatic carbocycles. The first-order chi connectivity index (χ1) is 15.9. The van der Waals surface area contributed by atoms with E-state index in [9.17, 15) is 14.7 Å². The van der Waals surface area contributed by atoms with Gasteiger partial charge in [0, 0.05) is 12.2 Å². The lowest BCUT2D eigenvalue weighted by atomic mass is 9.80. The second kappa shape index (κ2) is 18.3. The molecule has 5 N–H and O–H groups in total.